The van der Waals surface area contributed by atoms with E-state index in [1.54, 1.807) is 18.2 Å². The van der Waals surface area contributed by atoms with Crippen LogP contribution in [0.5, 0.6) is 5.75 Å². The highest BCUT2D eigenvalue weighted by molar-refractivity contribution is 7.85. The van der Waals surface area contributed by atoms with Crippen LogP contribution in [-0.2, 0) is 14.9 Å². The molecule has 1 saturated heterocycles. The summed E-state index contributed by atoms with van der Waals surface area (Å²) in [6.45, 7) is 0. The number of phenols is 1. The van der Waals surface area contributed by atoms with Crippen molar-refractivity contribution in [2.45, 2.75) is 29.9 Å². The van der Waals surface area contributed by atoms with Gasteiger partial charge in [-0.25, -0.2) is 4.39 Å². The molecule has 4 aromatic rings. The lowest BCUT2D eigenvalue weighted by atomic mass is 9.77. The van der Waals surface area contributed by atoms with Crippen LogP contribution in [0.25, 0.3) is 11.1 Å². The van der Waals surface area contributed by atoms with E-state index in [-0.39, 0.29) is 22.2 Å². The molecule has 9 heteroatoms. The Bertz CT molecular complexity index is 1610. The van der Waals surface area contributed by atoms with Crippen molar-refractivity contribution in [3.05, 3.63) is 114 Å². The van der Waals surface area contributed by atoms with Gasteiger partial charge in [-0.15, -0.1) is 0 Å². The van der Waals surface area contributed by atoms with Gasteiger partial charge in [0, 0.05) is 5.56 Å². The minimum atomic E-state index is -4.34. The third kappa shape index (κ3) is 5.29. The number of hydrogen-bond acceptors (Lipinski definition) is 5. The molecule has 1 heterocycles. The zero-order valence-electron chi connectivity index (χ0n) is 20.7. The van der Waals surface area contributed by atoms with Crippen LogP contribution < -0.4 is 4.90 Å². The lowest BCUT2D eigenvalue weighted by Crippen LogP contribution is -2.55. The monoisotopic (exact) mass is 547 g/mol. The van der Waals surface area contributed by atoms with E-state index in [0.717, 1.165) is 5.56 Å². The molecule has 1 aliphatic heterocycles. The second-order valence-corrected chi connectivity index (χ2v) is 10.9. The van der Waals surface area contributed by atoms with E-state index in [9.17, 15) is 32.4 Å². The molecule has 1 fully saturated rings. The van der Waals surface area contributed by atoms with Gasteiger partial charge in [0.15, 0.2) is 0 Å². The molecule has 3 unspecified atom stereocenters. The van der Waals surface area contributed by atoms with Gasteiger partial charge < -0.3 is 15.1 Å². The van der Waals surface area contributed by atoms with Crippen LogP contribution in [0, 0.1) is 11.7 Å². The third-order valence-corrected chi connectivity index (χ3v) is 7.96. The second-order valence-electron chi connectivity index (χ2n) is 9.49. The molecule has 3 atom stereocenters. The largest absolute Gasteiger partial charge is 0.508 e. The van der Waals surface area contributed by atoms with E-state index in [1.165, 1.54) is 53.4 Å². The van der Waals surface area contributed by atoms with Crippen LogP contribution in [0.4, 0.5) is 10.1 Å². The number of aromatic hydroxyl groups is 1. The van der Waals surface area contributed by atoms with Crippen molar-refractivity contribution in [3.8, 4) is 16.9 Å². The number of aliphatic hydroxyl groups excluding tert-OH is 1. The van der Waals surface area contributed by atoms with Crippen LogP contribution in [0.2, 0.25) is 0 Å². The zero-order chi connectivity index (χ0) is 27.7. The first-order valence-electron chi connectivity index (χ1n) is 12.4. The van der Waals surface area contributed by atoms with E-state index in [2.05, 4.69) is 0 Å². The Hall–Kier alpha value is -4.05. The lowest BCUT2D eigenvalue weighted by Gasteiger charge is -2.48. The normalized spacial score (nSPS) is 18.0. The van der Waals surface area contributed by atoms with Crippen LogP contribution in [0.3, 0.4) is 0 Å². The van der Waals surface area contributed by atoms with Crippen molar-refractivity contribution in [2.24, 2.45) is 5.92 Å². The van der Waals surface area contributed by atoms with Gasteiger partial charge in [-0.3, -0.25) is 9.35 Å². The molecule has 39 heavy (non-hydrogen) atoms. The summed E-state index contributed by atoms with van der Waals surface area (Å²) < 4.78 is 46.6. The highest BCUT2D eigenvalue weighted by Gasteiger charge is 2.50. The van der Waals surface area contributed by atoms with Crippen LogP contribution in [-0.4, -0.2) is 29.1 Å². The van der Waals surface area contributed by atoms with E-state index in [4.69, 9.17) is 0 Å². The molecule has 4 aromatic carbocycles. The van der Waals surface area contributed by atoms with Crippen LogP contribution >= 0.6 is 0 Å². The number of carbonyl (C=O) groups is 1. The Morgan fingerprint density at radius 2 is 1.51 bits per heavy atom. The fourth-order valence-electron chi connectivity index (χ4n) is 5.07. The fraction of sp³-hybridized carbons (Fsp3) is 0.167. The number of β-lactam (4-membered cyclic amide) rings is 1. The molecule has 3 N–H and O–H groups in total. The highest BCUT2D eigenvalue weighted by Crippen LogP contribution is 2.49. The van der Waals surface area contributed by atoms with Crippen molar-refractivity contribution < 1.29 is 32.4 Å². The fourth-order valence-corrected chi connectivity index (χ4v) is 5.55. The molecule has 0 radical (unpaired) electrons. The summed E-state index contributed by atoms with van der Waals surface area (Å²) in [6.07, 6.45) is -0.145. The Morgan fingerprint density at radius 3 is 2.15 bits per heavy atom. The Morgan fingerprint density at radius 1 is 0.872 bits per heavy atom. The van der Waals surface area contributed by atoms with Crippen molar-refractivity contribution in [1.82, 2.24) is 0 Å². The molecular weight excluding hydrogens is 521 g/mol. The van der Waals surface area contributed by atoms with Gasteiger partial charge in [0.05, 0.1) is 28.6 Å². The van der Waals surface area contributed by atoms with Crippen molar-refractivity contribution in [1.29, 1.82) is 0 Å². The molecular formula is C30H26FNO6S. The number of benzene rings is 4. The van der Waals surface area contributed by atoms with Crippen LogP contribution in [0.1, 0.15) is 36.1 Å². The molecule has 0 saturated carbocycles. The maximum absolute atomic E-state index is 14.7. The Kier molecular flexibility index (Phi) is 7.22. The zero-order valence-corrected chi connectivity index (χ0v) is 21.5. The first-order chi connectivity index (χ1) is 18.6. The summed E-state index contributed by atoms with van der Waals surface area (Å²) in [4.78, 5) is 14.4. The first kappa shape index (κ1) is 26.6. The number of aliphatic hydroxyl groups is 1. The quantitative estimate of drug-likeness (QED) is 0.194. The first-order valence-corrected chi connectivity index (χ1v) is 13.8. The van der Waals surface area contributed by atoms with Gasteiger partial charge in [0.1, 0.15) is 11.6 Å². The molecule has 0 aliphatic carbocycles. The minimum absolute atomic E-state index is 0.108. The number of amides is 1. The predicted molar refractivity (Wildman–Crippen MR) is 144 cm³/mol. The standard InChI is InChI=1S/C30H26FNO6S/c31-25-8-4-5-9-26(25)32-29(24(30(32)35)16-17-27(33)20-6-2-1-3-7-20)23-15-12-21(18-28(23)34)19-10-13-22(14-11-19)39(36,37)38/h1-15,18,24,27,29,33-34H,16-17H2,(H,36,37,38). The van der Waals surface area contributed by atoms with Gasteiger partial charge in [0.2, 0.25) is 5.91 Å². The van der Waals surface area contributed by atoms with Gasteiger partial charge in [0.25, 0.3) is 10.1 Å². The Balaban J connectivity index is 1.45. The third-order valence-electron chi connectivity index (χ3n) is 7.10. The number of para-hydroxylation sites is 1. The summed E-state index contributed by atoms with van der Waals surface area (Å²) in [5.74, 6) is -1.56. The summed E-state index contributed by atoms with van der Waals surface area (Å²) in [5, 5.41) is 21.7. The molecule has 0 bridgehead atoms. The lowest BCUT2D eigenvalue weighted by molar-refractivity contribution is -0.131. The number of hydrogen-bond donors (Lipinski definition) is 3. The summed E-state index contributed by atoms with van der Waals surface area (Å²) in [5.41, 5.74) is 2.45. The van der Waals surface area contributed by atoms with Gasteiger partial charge in [-0.05, 0) is 59.9 Å². The maximum atomic E-state index is 14.7. The molecule has 0 spiro atoms. The number of phenolic OH excluding ortho intramolecular Hbond substituents is 1. The average molecular weight is 548 g/mol. The van der Waals surface area contributed by atoms with E-state index in [1.807, 2.05) is 30.3 Å². The topological polar surface area (TPSA) is 115 Å². The van der Waals surface area contributed by atoms with E-state index >= 15 is 0 Å². The summed E-state index contributed by atoms with van der Waals surface area (Å²) in [6, 6.07) is 24.8. The number of anilines is 1. The van der Waals surface area contributed by atoms with Crippen molar-refractivity contribution >= 4 is 21.7 Å². The maximum Gasteiger partial charge on any atom is 0.294 e. The SMILES string of the molecule is O=C1C(CCC(O)c2ccccc2)C(c2ccc(-c3ccc(S(=O)(=O)O)cc3)cc2O)N1c1ccccc1F. The second kappa shape index (κ2) is 10.6. The smallest absolute Gasteiger partial charge is 0.294 e. The van der Waals surface area contributed by atoms with E-state index < -0.39 is 34.0 Å². The highest BCUT2D eigenvalue weighted by atomic mass is 32.2. The molecule has 0 aromatic heterocycles. The number of halogens is 1. The van der Waals surface area contributed by atoms with Crippen molar-refractivity contribution in [3.63, 3.8) is 0 Å². The number of nitrogens with zero attached hydrogens (tertiary/aromatic N) is 1. The summed E-state index contributed by atoms with van der Waals surface area (Å²) >= 11 is 0. The van der Waals surface area contributed by atoms with Crippen LogP contribution in [0.15, 0.2) is 102 Å². The van der Waals surface area contributed by atoms with Gasteiger partial charge in [-0.2, -0.15) is 8.42 Å². The number of rotatable bonds is 8. The molecule has 1 aliphatic rings. The number of carbonyl (C=O) groups excluding carboxylic acids is 1. The molecule has 7 nitrogen and oxygen atoms in total. The molecule has 5 rings (SSSR count). The molecule has 200 valence electrons. The molecule has 1 amide bonds. The average Bonchev–Trinajstić information content (AvgIpc) is 2.93. The predicted octanol–water partition coefficient (Wildman–Crippen LogP) is 5.66. The van der Waals surface area contributed by atoms with E-state index in [0.29, 0.717) is 29.5 Å². The van der Waals surface area contributed by atoms with Gasteiger partial charge in [-0.1, -0.05) is 66.7 Å². The van der Waals surface area contributed by atoms with Gasteiger partial charge >= 0.3 is 0 Å². The van der Waals surface area contributed by atoms with Crippen molar-refractivity contribution in [2.75, 3.05) is 4.90 Å². The minimum Gasteiger partial charge on any atom is -0.508 e. The Labute approximate surface area is 225 Å². The summed E-state index contributed by atoms with van der Waals surface area (Å²) in [7, 11) is -4.34.